The van der Waals surface area contributed by atoms with Crippen LogP contribution in [0.4, 0.5) is 0 Å². The third-order valence-corrected chi connectivity index (χ3v) is 2.39. The molecule has 0 saturated heterocycles. The van der Waals surface area contributed by atoms with Crippen molar-refractivity contribution in [2.24, 2.45) is 0 Å². The fourth-order valence-electron chi connectivity index (χ4n) is 1.59. The number of carbonyl (C=O) groups is 1. The van der Waals surface area contributed by atoms with Crippen LogP contribution in [0.2, 0.25) is 0 Å². The van der Waals surface area contributed by atoms with E-state index in [0.29, 0.717) is 11.4 Å². The first-order chi connectivity index (χ1) is 8.61. The Morgan fingerprint density at radius 3 is 2.61 bits per heavy atom. The van der Waals surface area contributed by atoms with Gasteiger partial charge in [0.25, 0.3) is 0 Å². The number of aromatic nitrogens is 2. The Balaban J connectivity index is 2.47. The molecular weight excluding hydrogens is 236 g/mol. The lowest BCUT2D eigenvalue weighted by molar-refractivity contribution is 0.0690. The van der Waals surface area contributed by atoms with E-state index in [1.165, 1.54) is 30.0 Å². The van der Waals surface area contributed by atoms with Crippen molar-refractivity contribution in [3.63, 3.8) is 0 Å². The molecule has 6 nitrogen and oxygen atoms in total. The smallest absolute Gasteiger partial charge is 0.356 e. The normalized spacial score (nSPS) is 10.5. The van der Waals surface area contributed by atoms with Crippen molar-refractivity contribution in [3.05, 3.63) is 41.7 Å². The van der Waals surface area contributed by atoms with Crippen LogP contribution in [-0.2, 0) is 11.3 Å². The van der Waals surface area contributed by atoms with Crippen molar-refractivity contribution in [1.29, 1.82) is 0 Å². The number of carboxylic acids is 1. The van der Waals surface area contributed by atoms with Crippen LogP contribution in [0, 0.1) is 0 Å². The topological polar surface area (TPSA) is 84.6 Å². The number of phenolic OH excluding ortho intramolecular Hbond substituents is 1. The van der Waals surface area contributed by atoms with Crippen LogP contribution < -0.4 is 0 Å². The molecule has 0 bridgehead atoms. The molecule has 2 rings (SSSR count). The number of hydrogen-bond acceptors (Lipinski definition) is 4. The van der Waals surface area contributed by atoms with Gasteiger partial charge in [-0.05, 0) is 30.3 Å². The minimum Gasteiger partial charge on any atom is -0.508 e. The van der Waals surface area contributed by atoms with Gasteiger partial charge in [-0.25, -0.2) is 9.48 Å². The second-order valence-electron chi connectivity index (χ2n) is 3.69. The molecule has 0 unspecified atom stereocenters. The van der Waals surface area contributed by atoms with Crippen molar-refractivity contribution >= 4 is 5.97 Å². The van der Waals surface area contributed by atoms with E-state index in [1.54, 1.807) is 12.1 Å². The number of ether oxygens (including phenoxy) is 1. The fourth-order valence-corrected chi connectivity index (χ4v) is 1.59. The highest BCUT2D eigenvalue weighted by molar-refractivity contribution is 5.85. The van der Waals surface area contributed by atoms with Gasteiger partial charge in [-0.2, -0.15) is 5.10 Å². The lowest BCUT2D eigenvalue weighted by Gasteiger charge is -2.06. The predicted octanol–water partition coefficient (Wildman–Crippen LogP) is 1.42. The third kappa shape index (κ3) is 2.33. The van der Waals surface area contributed by atoms with Gasteiger partial charge < -0.3 is 14.9 Å². The van der Waals surface area contributed by atoms with E-state index in [1.807, 2.05) is 0 Å². The molecule has 0 fully saturated rings. The van der Waals surface area contributed by atoms with Crippen molar-refractivity contribution in [3.8, 4) is 11.4 Å². The molecule has 18 heavy (non-hydrogen) atoms. The molecule has 0 aliphatic heterocycles. The maximum Gasteiger partial charge on any atom is 0.356 e. The maximum absolute atomic E-state index is 10.9. The molecule has 1 aromatic carbocycles. The molecule has 0 radical (unpaired) electrons. The monoisotopic (exact) mass is 248 g/mol. The first-order valence-corrected chi connectivity index (χ1v) is 5.22. The largest absolute Gasteiger partial charge is 0.508 e. The van der Waals surface area contributed by atoms with Crippen LogP contribution in [0.3, 0.4) is 0 Å². The molecule has 1 heterocycles. The number of rotatable bonds is 4. The number of aromatic hydroxyl groups is 1. The second kappa shape index (κ2) is 4.89. The Hall–Kier alpha value is -2.34. The molecule has 0 atom stereocenters. The maximum atomic E-state index is 10.9. The number of phenols is 1. The molecular formula is C12H12N2O4. The van der Waals surface area contributed by atoms with E-state index < -0.39 is 5.97 Å². The number of carboxylic acid groups (broad SMARTS) is 1. The van der Waals surface area contributed by atoms with Crippen LogP contribution in [0.15, 0.2) is 30.3 Å². The number of hydrogen-bond donors (Lipinski definition) is 2. The van der Waals surface area contributed by atoms with E-state index in [2.05, 4.69) is 5.10 Å². The summed E-state index contributed by atoms with van der Waals surface area (Å²) in [7, 11) is 1.52. The number of aromatic carboxylic acids is 1. The zero-order valence-corrected chi connectivity index (χ0v) is 9.70. The van der Waals surface area contributed by atoms with Crippen LogP contribution >= 0.6 is 0 Å². The van der Waals surface area contributed by atoms with Crippen molar-refractivity contribution < 1.29 is 19.7 Å². The zero-order chi connectivity index (χ0) is 13.1. The van der Waals surface area contributed by atoms with Gasteiger partial charge in [-0.1, -0.05) is 0 Å². The van der Waals surface area contributed by atoms with Crippen molar-refractivity contribution in [1.82, 2.24) is 9.78 Å². The molecule has 2 N–H and O–H groups in total. The number of benzene rings is 1. The minimum atomic E-state index is -1.09. The summed E-state index contributed by atoms with van der Waals surface area (Å²) in [5.74, 6) is -0.956. The highest BCUT2D eigenvalue weighted by Gasteiger charge is 2.14. The SMILES string of the molecule is COCc1cc(C(=O)O)nn1-c1ccc(O)cc1. The summed E-state index contributed by atoms with van der Waals surface area (Å²) < 4.78 is 6.48. The standard InChI is InChI=1S/C12H12N2O4/c1-18-7-9-6-11(12(16)17)13-14(9)8-2-4-10(15)5-3-8/h2-6,15H,7H2,1H3,(H,16,17). The lowest BCUT2D eigenvalue weighted by atomic mass is 10.3. The predicted molar refractivity (Wildman–Crippen MR) is 62.9 cm³/mol. The van der Waals surface area contributed by atoms with E-state index >= 15 is 0 Å². The highest BCUT2D eigenvalue weighted by atomic mass is 16.5. The molecule has 0 saturated carbocycles. The van der Waals surface area contributed by atoms with Crippen molar-refractivity contribution in [2.75, 3.05) is 7.11 Å². The average molecular weight is 248 g/mol. The second-order valence-corrected chi connectivity index (χ2v) is 3.69. The number of nitrogens with zero attached hydrogens (tertiary/aromatic N) is 2. The number of methoxy groups -OCH3 is 1. The van der Waals surface area contributed by atoms with Gasteiger partial charge in [0.15, 0.2) is 5.69 Å². The Morgan fingerprint density at radius 1 is 1.39 bits per heavy atom. The van der Waals surface area contributed by atoms with Crippen LogP contribution in [0.5, 0.6) is 5.75 Å². The van der Waals surface area contributed by atoms with E-state index in [0.717, 1.165) is 0 Å². The lowest BCUT2D eigenvalue weighted by Crippen LogP contribution is -2.04. The van der Waals surface area contributed by atoms with Gasteiger partial charge in [-0.15, -0.1) is 0 Å². The summed E-state index contributed by atoms with van der Waals surface area (Å²) in [5, 5.41) is 22.1. The third-order valence-electron chi connectivity index (χ3n) is 2.39. The van der Waals surface area contributed by atoms with Gasteiger partial charge in [0.05, 0.1) is 18.0 Å². The first-order valence-electron chi connectivity index (χ1n) is 5.22. The fraction of sp³-hybridized carbons (Fsp3) is 0.167. The van der Waals surface area contributed by atoms with Gasteiger partial charge in [0.1, 0.15) is 5.75 Å². The molecule has 1 aromatic heterocycles. The molecule has 6 heteroatoms. The first kappa shape index (κ1) is 12.1. The van der Waals surface area contributed by atoms with E-state index in [4.69, 9.17) is 9.84 Å². The van der Waals surface area contributed by atoms with Gasteiger partial charge in [0, 0.05) is 7.11 Å². The van der Waals surface area contributed by atoms with Crippen LogP contribution in [-0.4, -0.2) is 33.1 Å². The van der Waals surface area contributed by atoms with E-state index in [-0.39, 0.29) is 18.1 Å². The van der Waals surface area contributed by atoms with Gasteiger partial charge >= 0.3 is 5.97 Å². The summed E-state index contributed by atoms with van der Waals surface area (Å²) in [6.07, 6.45) is 0. The quantitative estimate of drug-likeness (QED) is 0.854. The highest BCUT2D eigenvalue weighted by Crippen LogP contribution is 2.17. The molecule has 0 aliphatic carbocycles. The molecule has 0 spiro atoms. The molecule has 0 aliphatic rings. The van der Waals surface area contributed by atoms with Gasteiger partial charge in [0.2, 0.25) is 0 Å². The Kier molecular flexibility index (Phi) is 3.29. The average Bonchev–Trinajstić information content (AvgIpc) is 2.75. The Labute approximate surface area is 103 Å². The van der Waals surface area contributed by atoms with Crippen molar-refractivity contribution in [2.45, 2.75) is 6.61 Å². The summed E-state index contributed by atoms with van der Waals surface area (Å²) in [4.78, 5) is 10.9. The Morgan fingerprint density at radius 2 is 2.06 bits per heavy atom. The summed E-state index contributed by atoms with van der Waals surface area (Å²) in [6, 6.07) is 7.76. The minimum absolute atomic E-state index is 0.0462. The van der Waals surface area contributed by atoms with Gasteiger partial charge in [-0.3, -0.25) is 0 Å². The van der Waals surface area contributed by atoms with Crippen LogP contribution in [0.1, 0.15) is 16.2 Å². The summed E-state index contributed by atoms with van der Waals surface area (Å²) in [5.41, 5.74) is 1.24. The molecule has 0 amide bonds. The summed E-state index contributed by atoms with van der Waals surface area (Å²) in [6.45, 7) is 0.251. The summed E-state index contributed by atoms with van der Waals surface area (Å²) >= 11 is 0. The molecule has 2 aromatic rings. The van der Waals surface area contributed by atoms with Crippen LogP contribution in [0.25, 0.3) is 5.69 Å². The molecule has 94 valence electrons. The zero-order valence-electron chi connectivity index (χ0n) is 9.70. The Bertz CT molecular complexity index is 560. The van der Waals surface area contributed by atoms with E-state index in [9.17, 15) is 9.90 Å².